The smallest absolute Gasteiger partial charge is 0.251 e. The van der Waals surface area contributed by atoms with E-state index in [1.165, 1.54) is 13.0 Å². The van der Waals surface area contributed by atoms with Crippen LogP contribution in [0.2, 0.25) is 0 Å². The maximum absolute atomic E-state index is 12.2. The number of nitrogens with zero attached hydrogens (tertiary/aromatic N) is 1. The van der Waals surface area contributed by atoms with E-state index in [1.54, 1.807) is 19.2 Å². The van der Waals surface area contributed by atoms with Crippen LogP contribution in [0.15, 0.2) is 24.3 Å². The number of carbonyl (C=O) groups is 1. The molecule has 4 nitrogen and oxygen atoms in total. The van der Waals surface area contributed by atoms with Gasteiger partial charge in [-0.15, -0.1) is 0 Å². The van der Waals surface area contributed by atoms with Gasteiger partial charge in [0.2, 0.25) is 0 Å². The summed E-state index contributed by atoms with van der Waals surface area (Å²) in [4.78, 5) is 14.6. The van der Waals surface area contributed by atoms with Crippen molar-refractivity contribution in [2.75, 3.05) is 26.7 Å². The van der Waals surface area contributed by atoms with Gasteiger partial charge in [-0.25, -0.2) is 0 Å². The maximum Gasteiger partial charge on any atom is 0.251 e. The molecule has 1 aromatic rings. The monoisotopic (exact) mass is 276 g/mol. The Morgan fingerprint density at radius 1 is 1.30 bits per heavy atom. The molecule has 2 rings (SSSR count). The van der Waals surface area contributed by atoms with Gasteiger partial charge < -0.3 is 15.0 Å². The number of amides is 1. The number of rotatable bonds is 5. The summed E-state index contributed by atoms with van der Waals surface area (Å²) in [5.74, 6) is 0.788. The lowest BCUT2D eigenvalue weighted by molar-refractivity contribution is 0.0911. The number of methoxy groups -OCH3 is 1. The zero-order valence-corrected chi connectivity index (χ0v) is 12.4. The molecule has 4 heteroatoms. The van der Waals surface area contributed by atoms with Crippen molar-refractivity contribution < 1.29 is 9.53 Å². The SMILES string of the molecule is CCCN1CCC(NC(=O)c2ccc(OC)cc2)CC1. The third kappa shape index (κ3) is 3.97. The van der Waals surface area contributed by atoms with Gasteiger partial charge >= 0.3 is 0 Å². The summed E-state index contributed by atoms with van der Waals surface area (Å²) in [5, 5.41) is 3.13. The molecular formula is C16H24N2O2. The number of ether oxygens (including phenoxy) is 1. The summed E-state index contributed by atoms with van der Waals surface area (Å²) in [5.41, 5.74) is 0.696. The second-order valence-corrected chi connectivity index (χ2v) is 5.32. The van der Waals surface area contributed by atoms with Crippen LogP contribution in [-0.2, 0) is 0 Å². The number of piperidine rings is 1. The van der Waals surface area contributed by atoms with E-state index in [0.717, 1.165) is 31.7 Å². The van der Waals surface area contributed by atoms with Gasteiger partial charge in [-0.05, 0) is 50.1 Å². The summed E-state index contributed by atoms with van der Waals surface area (Å²) in [6, 6.07) is 7.55. The molecule has 1 saturated heterocycles. The van der Waals surface area contributed by atoms with Crippen LogP contribution in [0.4, 0.5) is 0 Å². The molecule has 0 atom stereocenters. The second kappa shape index (κ2) is 7.29. The summed E-state index contributed by atoms with van der Waals surface area (Å²) in [6.45, 7) is 5.54. The van der Waals surface area contributed by atoms with Gasteiger partial charge in [-0.3, -0.25) is 4.79 Å². The highest BCUT2D eigenvalue weighted by Crippen LogP contribution is 2.14. The second-order valence-electron chi connectivity index (χ2n) is 5.32. The Balaban J connectivity index is 1.82. The van der Waals surface area contributed by atoms with E-state index in [9.17, 15) is 4.79 Å². The normalized spacial score (nSPS) is 16.9. The first-order valence-corrected chi connectivity index (χ1v) is 7.40. The van der Waals surface area contributed by atoms with Crippen molar-refractivity contribution in [3.8, 4) is 5.75 Å². The Labute approximate surface area is 121 Å². The lowest BCUT2D eigenvalue weighted by Crippen LogP contribution is -2.44. The summed E-state index contributed by atoms with van der Waals surface area (Å²) >= 11 is 0. The molecule has 1 amide bonds. The van der Waals surface area contributed by atoms with Gasteiger partial charge in [0.15, 0.2) is 0 Å². The first kappa shape index (κ1) is 14.9. The molecule has 1 aromatic carbocycles. The fraction of sp³-hybridized carbons (Fsp3) is 0.562. The number of benzene rings is 1. The average molecular weight is 276 g/mol. The fourth-order valence-corrected chi connectivity index (χ4v) is 2.63. The minimum atomic E-state index is 0.0154. The molecule has 1 aliphatic rings. The van der Waals surface area contributed by atoms with E-state index in [2.05, 4.69) is 17.1 Å². The molecule has 1 aliphatic heterocycles. The van der Waals surface area contributed by atoms with Crippen molar-refractivity contribution in [3.05, 3.63) is 29.8 Å². The number of hydrogen-bond acceptors (Lipinski definition) is 3. The first-order valence-electron chi connectivity index (χ1n) is 7.40. The zero-order valence-electron chi connectivity index (χ0n) is 12.4. The van der Waals surface area contributed by atoms with Gasteiger partial charge in [0, 0.05) is 24.7 Å². The highest BCUT2D eigenvalue weighted by atomic mass is 16.5. The molecule has 0 radical (unpaired) electrons. The zero-order chi connectivity index (χ0) is 14.4. The van der Waals surface area contributed by atoms with Gasteiger partial charge in [-0.2, -0.15) is 0 Å². The molecule has 0 unspecified atom stereocenters. The van der Waals surface area contributed by atoms with Crippen LogP contribution in [-0.4, -0.2) is 43.6 Å². The standard InChI is InChI=1S/C16H24N2O2/c1-3-10-18-11-8-14(9-12-18)17-16(19)13-4-6-15(20-2)7-5-13/h4-7,14H,3,8-12H2,1-2H3,(H,17,19). The van der Waals surface area contributed by atoms with Crippen molar-refractivity contribution >= 4 is 5.91 Å². The topological polar surface area (TPSA) is 41.6 Å². The average Bonchev–Trinajstić information content (AvgIpc) is 2.49. The molecular weight excluding hydrogens is 252 g/mol. The highest BCUT2D eigenvalue weighted by molar-refractivity contribution is 5.94. The summed E-state index contributed by atoms with van der Waals surface area (Å²) < 4.78 is 5.10. The minimum Gasteiger partial charge on any atom is -0.497 e. The molecule has 0 saturated carbocycles. The van der Waals surface area contributed by atoms with Crippen LogP contribution in [0.1, 0.15) is 36.5 Å². The maximum atomic E-state index is 12.2. The predicted molar refractivity (Wildman–Crippen MR) is 80.2 cm³/mol. The third-order valence-corrected chi connectivity index (χ3v) is 3.81. The molecule has 20 heavy (non-hydrogen) atoms. The predicted octanol–water partition coefficient (Wildman–Crippen LogP) is 2.30. The van der Waals surface area contributed by atoms with Gasteiger partial charge in [0.1, 0.15) is 5.75 Å². The highest BCUT2D eigenvalue weighted by Gasteiger charge is 2.20. The lowest BCUT2D eigenvalue weighted by atomic mass is 10.0. The largest absolute Gasteiger partial charge is 0.497 e. The van der Waals surface area contributed by atoms with Crippen LogP contribution >= 0.6 is 0 Å². The van der Waals surface area contributed by atoms with Crippen molar-refractivity contribution in [1.29, 1.82) is 0 Å². The molecule has 0 spiro atoms. The molecule has 0 aliphatic carbocycles. The van der Waals surface area contributed by atoms with Gasteiger partial charge in [0.05, 0.1) is 7.11 Å². The Bertz CT molecular complexity index is 423. The molecule has 0 bridgehead atoms. The van der Waals surface area contributed by atoms with Crippen molar-refractivity contribution in [3.63, 3.8) is 0 Å². The Morgan fingerprint density at radius 3 is 2.50 bits per heavy atom. The number of nitrogens with one attached hydrogen (secondary N) is 1. The van der Waals surface area contributed by atoms with Crippen LogP contribution in [0.5, 0.6) is 5.75 Å². The van der Waals surface area contributed by atoms with Crippen LogP contribution < -0.4 is 10.1 Å². The van der Waals surface area contributed by atoms with Crippen molar-refractivity contribution in [1.82, 2.24) is 10.2 Å². The van der Waals surface area contributed by atoms with Crippen LogP contribution in [0.25, 0.3) is 0 Å². The fourth-order valence-electron chi connectivity index (χ4n) is 2.63. The molecule has 1 heterocycles. The molecule has 1 fully saturated rings. The Kier molecular flexibility index (Phi) is 5.41. The van der Waals surface area contributed by atoms with E-state index in [4.69, 9.17) is 4.74 Å². The van der Waals surface area contributed by atoms with E-state index >= 15 is 0 Å². The Hall–Kier alpha value is -1.55. The lowest BCUT2D eigenvalue weighted by Gasteiger charge is -2.32. The molecule has 110 valence electrons. The summed E-state index contributed by atoms with van der Waals surface area (Å²) in [6.07, 6.45) is 3.28. The summed E-state index contributed by atoms with van der Waals surface area (Å²) in [7, 11) is 1.62. The number of carbonyl (C=O) groups excluding carboxylic acids is 1. The van der Waals surface area contributed by atoms with E-state index in [0.29, 0.717) is 11.6 Å². The molecule has 0 aromatic heterocycles. The number of hydrogen-bond donors (Lipinski definition) is 1. The van der Waals surface area contributed by atoms with Crippen molar-refractivity contribution in [2.24, 2.45) is 0 Å². The molecule has 1 N–H and O–H groups in total. The third-order valence-electron chi connectivity index (χ3n) is 3.81. The quantitative estimate of drug-likeness (QED) is 0.897. The van der Waals surface area contributed by atoms with Gasteiger partial charge in [-0.1, -0.05) is 6.92 Å². The van der Waals surface area contributed by atoms with E-state index < -0.39 is 0 Å². The van der Waals surface area contributed by atoms with E-state index in [1.807, 2.05) is 12.1 Å². The van der Waals surface area contributed by atoms with Crippen LogP contribution in [0, 0.1) is 0 Å². The van der Waals surface area contributed by atoms with E-state index in [-0.39, 0.29) is 5.91 Å². The first-order chi connectivity index (χ1) is 9.72. The van der Waals surface area contributed by atoms with Gasteiger partial charge in [0.25, 0.3) is 5.91 Å². The minimum absolute atomic E-state index is 0.0154. The Morgan fingerprint density at radius 2 is 1.95 bits per heavy atom. The number of likely N-dealkylation sites (tertiary alicyclic amines) is 1. The van der Waals surface area contributed by atoms with Crippen LogP contribution in [0.3, 0.4) is 0 Å². The van der Waals surface area contributed by atoms with Crippen molar-refractivity contribution in [2.45, 2.75) is 32.2 Å².